The van der Waals surface area contributed by atoms with E-state index < -0.39 is 0 Å². The molecule has 0 bridgehead atoms. The normalized spacial score (nSPS) is 15.9. The Hall–Kier alpha value is -1.08. The summed E-state index contributed by atoms with van der Waals surface area (Å²) in [5.41, 5.74) is 0. The van der Waals surface area contributed by atoms with Crippen molar-refractivity contribution in [2.75, 3.05) is 33.3 Å². The van der Waals surface area contributed by atoms with Crippen LogP contribution >= 0.6 is 27.3 Å². The number of carbonyl (C=O) groups is 2. The van der Waals surface area contributed by atoms with Gasteiger partial charge in [0.15, 0.2) is 0 Å². The second-order valence-corrected chi connectivity index (χ2v) is 6.51. The maximum absolute atomic E-state index is 12.3. The van der Waals surface area contributed by atoms with Crippen molar-refractivity contribution in [1.82, 2.24) is 9.80 Å². The molecule has 2 rings (SSSR count). The van der Waals surface area contributed by atoms with E-state index >= 15 is 0 Å². The van der Waals surface area contributed by atoms with Gasteiger partial charge in [0.25, 0.3) is 0 Å². The van der Waals surface area contributed by atoms with Crippen LogP contribution in [0.15, 0.2) is 15.9 Å². The van der Waals surface area contributed by atoms with Gasteiger partial charge in [-0.05, 0) is 28.4 Å². The van der Waals surface area contributed by atoms with E-state index in [4.69, 9.17) is 4.74 Å². The lowest BCUT2D eigenvalue weighted by molar-refractivity contribution is -0.130. The molecule has 0 aliphatic carbocycles. The van der Waals surface area contributed by atoms with E-state index in [9.17, 15) is 9.59 Å². The first-order valence-corrected chi connectivity index (χ1v) is 8.11. The lowest BCUT2D eigenvalue weighted by Gasteiger charge is -2.21. The number of ether oxygens (including phenoxy) is 1. The highest BCUT2D eigenvalue weighted by molar-refractivity contribution is 9.10. The highest BCUT2D eigenvalue weighted by Crippen LogP contribution is 2.20. The van der Waals surface area contributed by atoms with E-state index in [1.807, 2.05) is 16.3 Å². The number of methoxy groups -OCH3 is 1. The summed E-state index contributed by atoms with van der Waals surface area (Å²) in [6.45, 7) is 2.44. The van der Waals surface area contributed by atoms with Gasteiger partial charge in [-0.2, -0.15) is 0 Å². The van der Waals surface area contributed by atoms with Gasteiger partial charge in [-0.25, -0.2) is 4.79 Å². The molecule has 1 aromatic rings. The van der Waals surface area contributed by atoms with Gasteiger partial charge in [0.2, 0.25) is 5.91 Å². The lowest BCUT2D eigenvalue weighted by atomic mass is 10.3. The van der Waals surface area contributed by atoms with Crippen LogP contribution in [0.3, 0.4) is 0 Å². The molecule has 0 radical (unpaired) electrons. The number of nitrogens with zero attached hydrogens (tertiary/aromatic N) is 2. The smallest absolute Gasteiger partial charge is 0.409 e. The van der Waals surface area contributed by atoms with Crippen molar-refractivity contribution in [2.45, 2.75) is 12.8 Å². The molecule has 110 valence electrons. The van der Waals surface area contributed by atoms with E-state index in [-0.39, 0.29) is 12.0 Å². The van der Waals surface area contributed by atoms with Crippen molar-refractivity contribution in [2.24, 2.45) is 0 Å². The second kappa shape index (κ2) is 7.08. The summed E-state index contributed by atoms with van der Waals surface area (Å²) in [4.78, 5) is 28.3. The molecule has 0 N–H and O–H groups in total. The summed E-state index contributed by atoms with van der Waals surface area (Å²) in [7, 11) is 1.38. The summed E-state index contributed by atoms with van der Waals surface area (Å²) >= 11 is 4.97. The number of carbonyl (C=O) groups excluding carboxylic acids is 2. The van der Waals surface area contributed by atoms with E-state index in [0.29, 0.717) is 32.6 Å². The molecule has 1 aliphatic heterocycles. The minimum Gasteiger partial charge on any atom is -0.453 e. The van der Waals surface area contributed by atoms with Gasteiger partial charge in [0.05, 0.1) is 13.5 Å². The monoisotopic (exact) mass is 360 g/mol. The van der Waals surface area contributed by atoms with E-state index in [1.54, 1.807) is 16.2 Å². The van der Waals surface area contributed by atoms with Crippen LogP contribution in [0.4, 0.5) is 4.79 Å². The highest BCUT2D eigenvalue weighted by atomic mass is 79.9. The summed E-state index contributed by atoms with van der Waals surface area (Å²) in [6.07, 6.45) is 0.894. The maximum atomic E-state index is 12.3. The maximum Gasteiger partial charge on any atom is 0.409 e. The van der Waals surface area contributed by atoms with Crippen LogP contribution in [-0.2, 0) is 16.0 Å². The number of amides is 2. The number of hydrogen-bond acceptors (Lipinski definition) is 4. The largest absolute Gasteiger partial charge is 0.453 e. The van der Waals surface area contributed by atoms with Gasteiger partial charge < -0.3 is 14.5 Å². The first-order chi connectivity index (χ1) is 9.60. The van der Waals surface area contributed by atoms with Crippen LogP contribution in [0.1, 0.15) is 11.3 Å². The van der Waals surface area contributed by atoms with Crippen LogP contribution in [-0.4, -0.2) is 55.1 Å². The Morgan fingerprint density at radius 1 is 1.30 bits per heavy atom. The van der Waals surface area contributed by atoms with Crippen molar-refractivity contribution in [3.8, 4) is 0 Å². The minimum absolute atomic E-state index is 0.117. The summed E-state index contributed by atoms with van der Waals surface area (Å²) in [5.74, 6) is 0.117. The Morgan fingerprint density at radius 2 is 2.00 bits per heavy atom. The molecule has 0 saturated carbocycles. The number of thiophene rings is 1. The SMILES string of the molecule is COC(=O)N1CCCN(C(=O)Cc2cc(Br)cs2)CC1. The first-order valence-electron chi connectivity index (χ1n) is 6.43. The third kappa shape index (κ3) is 3.96. The molecule has 1 fully saturated rings. The first kappa shape index (κ1) is 15.3. The van der Waals surface area contributed by atoms with Gasteiger partial charge in [0, 0.05) is 40.9 Å². The number of hydrogen-bond donors (Lipinski definition) is 0. The molecule has 20 heavy (non-hydrogen) atoms. The van der Waals surface area contributed by atoms with Crippen molar-refractivity contribution < 1.29 is 14.3 Å². The van der Waals surface area contributed by atoms with Gasteiger partial charge in [0.1, 0.15) is 0 Å². The van der Waals surface area contributed by atoms with Crippen LogP contribution in [0.5, 0.6) is 0 Å². The molecule has 1 saturated heterocycles. The van der Waals surface area contributed by atoms with Crippen LogP contribution in [0.25, 0.3) is 0 Å². The fourth-order valence-corrected chi connectivity index (χ4v) is 3.63. The summed E-state index contributed by atoms with van der Waals surface area (Å²) < 4.78 is 5.73. The van der Waals surface area contributed by atoms with E-state index in [0.717, 1.165) is 15.8 Å². The van der Waals surface area contributed by atoms with Crippen molar-refractivity contribution in [3.63, 3.8) is 0 Å². The topological polar surface area (TPSA) is 49.9 Å². The van der Waals surface area contributed by atoms with Crippen molar-refractivity contribution in [3.05, 3.63) is 20.8 Å². The fourth-order valence-electron chi connectivity index (χ4n) is 2.19. The van der Waals surface area contributed by atoms with E-state index in [1.165, 1.54) is 7.11 Å². The Bertz CT molecular complexity index is 492. The zero-order chi connectivity index (χ0) is 14.5. The summed E-state index contributed by atoms with van der Waals surface area (Å²) in [6, 6.07) is 1.97. The zero-order valence-electron chi connectivity index (χ0n) is 11.3. The Kier molecular flexibility index (Phi) is 5.42. The fraction of sp³-hybridized carbons (Fsp3) is 0.538. The van der Waals surface area contributed by atoms with E-state index in [2.05, 4.69) is 15.9 Å². The Balaban J connectivity index is 1.89. The zero-order valence-corrected chi connectivity index (χ0v) is 13.7. The average molecular weight is 361 g/mol. The molecule has 0 aromatic carbocycles. The molecule has 0 spiro atoms. The summed E-state index contributed by atoms with van der Waals surface area (Å²) in [5, 5.41) is 1.98. The van der Waals surface area contributed by atoms with Gasteiger partial charge in [-0.1, -0.05) is 0 Å². The predicted octanol–water partition coefficient (Wildman–Crippen LogP) is 2.35. The number of rotatable bonds is 2. The molecular formula is C13H17BrN2O3S. The Labute approximate surface area is 130 Å². The lowest BCUT2D eigenvalue weighted by Crippen LogP contribution is -2.37. The van der Waals surface area contributed by atoms with Crippen LogP contribution < -0.4 is 0 Å². The number of halogens is 1. The Morgan fingerprint density at radius 3 is 2.65 bits per heavy atom. The predicted molar refractivity (Wildman–Crippen MR) is 80.9 cm³/mol. The highest BCUT2D eigenvalue weighted by Gasteiger charge is 2.22. The van der Waals surface area contributed by atoms with Crippen molar-refractivity contribution >= 4 is 39.3 Å². The molecule has 1 aliphatic rings. The third-order valence-corrected chi connectivity index (χ3v) is 4.93. The van der Waals surface area contributed by atoms with Crippen LogP contribution in [0.2, 0.25) is 0 Å². The minimum atomic E-state index is -0.318. The third-order valence-electron chi connectivity index (χ3n) is 3.23. The molecule has 7 heteroatoms. The van der Waals surface area contributed by atoms with Gasteiger partial charge in [-0.15, -0.1) is 11.3 Å². The van der Waals surface area contributed by atoms with Crippen molar-refractivity contribution in [1.29, 1.82) is 0 Å². The van der Waals surface area contributed by atoms with Crippen LogP contribution in [0, 0.1) is 0 Å². The quantitative estimate of drug-likeness (QED) is 0.813. The molecule has 5 nitrogen and oxygen atoms in total. The molecule has 0 unspecified atom stereocenters. The second-order valence-electron chi connectivity index (χ2n) is 4.60. The molecule has 2 amide bonds. The molecule has 0 atom stereocenters. The standard InChI is InChI=1S/C13H17BrN2O3S/c1-19-13(18)16-4-2-3-15(5-6-16)12(17)8-11-7-10(14)9-20-11/h7,9H,2-6,8H2,1H3. The molecule has 2 heterocycles. The van der Waals surface area contributed by atoms with Gasteiger partial charge in [-0.3, -0.25) is 4.79 Å². The van der Waals surface area contributed by atoms with Gasteiger partial charge >= 0.3 is 6.09 Å². The molecular weight excluding hydrogens is 344 g/mol. The molecule has 1 aromatic heterocycles. The average Bonchev–Trinajstić information content (AvgIpc) is 2.70.